The smallest absolute Gasteiger partial charge is 0.0733 e. The van der Waals surface area contributed by atoms with Crippen molar-refractivity contribution in [1.29, 1.82) is 0 Å². The van der Waals surface area contributed by atoms with E-state index in [1.807, 2.05) is 185 Å². The lowest BCUT2D eigenvalue weighted by molar-refractivity contribution is 1.21. The largest absolute Gasteiger partial charge is 0.264 e. The monoisotopic (exact) mass is 1310 g/mol. The minimum Gasteiger partial charge on any atom is -0.264 e. The molecule has 0 aliphatic heterocycles. The molecule has 7 aromatic heterocycles. The van der Waals surface area contributed by atoms with E-state index in [1.54, 1.807) is 0 Å². The van der Waals surface area contributed by atoms with Gasteiger partial charge in [0, 0.05) is 105 Å². The van der Waals surface area contributed by atoms with Gasteiger partial charge in [-0.2, -0.15) is 0 Å². The predicted octanol–water partition coefficient (Wildman–Crippen LogP) is 27.1. The zero-order valence-electron chi connectivity index (χ0n) is 65.3. The van der Waals surface area contributed by atoms with Gasteiger partial charge in [0.05, 0.1) is 16.6 Å². The van der Waals surface area contributed by atoms with Crippen LogP contribution < -0.4 is 0 Å². The second-order valence-electron chi connectivity index (χ2n) is 21.9. The topological polar surface area (TPSA) is 90.2 Å². The van der Waals surface area contributed by atoms with E-state index in [1.165, 1.54) is 126 Å². The summed E-state index contributed by atoms with van der Waals surface area (Å²) in [6, 6.07) is 54.7. The number of benzene rings is 7. The molecule has 14 rings (SSSR count). The summed E-state index contributed by atoms with van der Waals surface area (Å²) in [6.07, 6.45) is 16.9. The molecule has 0 saturated heterocycles. The third kappa shape index (κ3) is 26.4. The third-order valence-electron chi connectivity index (χ3n) is 14.9. The standard InChI is InChI=1S/7C11H11N.7C2H6/c1-8-5-9(2)11-3-4-12-7-10(11)6-8;1-8-5-9(2)11-7-12-4-3-10(11)6-8;1-8-5-6-9(2)11-10(8)4-3-7-12-11;1-8-6-9(2)10-4-3-5-12-11(10)7-8;1-8-6-9(2)11-10(7-8)4-3-5-12-11;2*1-8-7-12-9(2)11-6-4-3-5-10(8)11;7*1-2/h7*3-7H,1-2H3;7*1-2H3. The molecule has 7 nitrogen and oxygen atoms in total. The molecule has 0 aliphatic carbocycles. The molecule has 7 heteroatoms. The van der Waals surface area contributed by atoms with Crippen LogP contribution in [0.2, 0.25) is 0 Å². The van der Waals surface area contributed by atoms with Crippen molar-refractivity contribution in [2.45, 2.75) is 194 Å². The van der Waals surface area contributed by atoms with Gasteiger partial charge in [-0.3, -0.25) is 34.9 Å². The Bertz CT molecular complexity index is 3910. The van der Waals surface area contributed by atoms with Crippen molar-refractivity contribution in [2.24, 2.45) is 0 Å². The number of aromatic nitrogens is 7. The molecule has 0 saturated carbocycles. The third-order valence-corrected chi connectivity index (χ3v) is 14.9. The molecular weight excluding hydrogens is 1190 g/mol. The van der Waals surface area contributed by atoms with E-state index < -0.39 is 0 Å². The molecule has 0 unspecified atom stereocenters. The minimum atomic E-state index is 1.09. The second-order valence-corrected chi connectivity index (χ2v) is 21.9. The number of pyridine rings is 7. The molecule has 0 N–H and O–H groups in total. The predicted molar refractivity (Wildman–Crippen MR) is 438 cm³/mol. The van der Waals surface area contributed by atoms with Gasteiger partial charge in [-0.15, -0.1) is 0 Å². The van der Waals surface area contributed by atoms with E-state index in [0.29, 0.717) is 0 Å². The van der Waals surface area contributed by atoms with Gasteiger partial charge in [-0.1, -0.05) is 223 Å². The first-order chi connectivity index (χ1) is 47.4. The first-order valence-corrected chi connectivity index (χ1v) is 35.6. The first kappa shape index (κ1) is 86.4. The van der Waals surface area contributed by atoms with E-state index in [4.69, 9.17) is 0 Å². The number of hydrogen-bond acceptors (Lipinski definition) is 7. The highest BCUT2D eigenvalue weighted by Gasteiger charge is 2.04. The molecule has 14 aromatic rings. The maximum atomic E-state index is 4.34. The fourth-order valence-electron chi connectivity index (χ4n) is 10.7. The van der Waals surface area contributed by atoms with Crippen LogP contribution in [0, 0.1) is 96.9 Å². The van der Waals surface area contributed by atoms with Gasteiger partial charge in [0.1, 0.15) is 0 Å². The summed E-state index contributed by atoms with van der Waals surface area (Å²) in [5.74, 6) is 0. The van der Waals surface area contributed by atoms with E-state index >= 15 is 0 Å². The van der Waals surface area contributed by atoms with Crippen LogP contribution in [0.15, 0.2) is 213 Å². The molecule has 7 heterocycles. The summed E-state index contributed by atoms with van der Waals surface area (Å²) < 4.78 is 0. The van der Waals surface area contributed by atoms with Crippen LogP contribution in [0.1, 0.15) is 175 Å². The fraction of sp³-hybridized carbons (Fsp3) is 0.308. The summed E-state index contributed by atoms with van der Waals surface area (Å²) in [7, 11) is 0. The van der Waals surface area contributed by atoms with Crippen LogP contribution in [-0.2, 0) is 0 Å². The molecule has 0 aliphatic rings. The van der Waals surface area contributed by atoms with Gasteiger partial charge in [0.15, 0.2) is 0 Å². The molecule has 0 radical (unpaired) electrons. The Morgan fingerprint density at radius 2 is 0.592 bits per heavy atom. The van der Waals surface area contributed by atoms with Crippen molar-refractivity contribution in [1.82, 2.24) is 34.9 Å². The lowest BCUT2D eigenvalue weighted by atomic mass is 10.0. The lowest BCUT2D eigenvalue weighted by Crippen LogP contribution is -1.86. The van der Waals surface area contributed by atoms with Crippen molar-refractivity contribution < 1.29 is 0 Å². The van der Waals surface area contributed by atoms with E-state index in [9.17, 15) is 0 Å². The van der Waals surface area contributed by atoms with Crippen LogP contribution in [0.25, 0.3) is 75.8 Å². The highest BCUT2D eigenvalue weighted by atomic mass is 14.7. The zero-order chi connectivity index (χ0) is 73.9. The molecule has 0 amide bonds. The number of aryl methyl sites for hydroxylation is 14. The van der Waals surface area contributed by atoms with E-state index in [2.05, 4.69) is 257 Å². The van der Waals surface area contributed by atoms with Gasteiger partial charge in [0.25, 0.3) is 0 Å². The molecular formula is C91H119N7. The maximum absolute atomic E-state index is 4.34. The van der Waals surface area contributed by atoms with Crippen molar-refractivity contribution >= 4 is 75.8 Å². The molecule has 518 valence electrons. The summed E-state index contributed by atoms with van der Waals surface area (Å²) in [6.45, 7) is 57.4. The summed E-state index contributed by atoms with van der Waals surface area (Å²) in [4.78, 5) is 29.8. The Labute approximate surface area is 592 Å². The number of nitrogens with zero attached hydrogens (tertiary/aromatic N) is 7. The SMILES string of the molecule is CC.CC.CC.CC.CC.CC.CC.Cc1cc(C)c2cccnc2c1.Cc1cc(C)c2ccncc2c1.Cc1cc(C)c2cnccc2c1.Cc1cc(C)c2ncccc2c1.Cc1ccc(C)c2ncccc12.Cc1cnc(C)c2ccccc12.Cc1cnc(C)c2ccccc12. The minimum absolute atomic E-state index is 1.09. The molecule has 0 atom stereocenters. The Morgan fingerprint density at radius 3 is 1.11 bits per heavy atom. The quantitative estimate of drug-likeness (QED) is 0.149. The van der Waals surface area contributed by atoms with Gasteiger partial charge in [-0.05, 0) is 217 Å². The summed E-state index contributed by atoms with van der Waals surface area (Å²) >= 11 is 0. The number of fused-ring (bicyclic) bond motifs is 7. The van der Waals surface area contributed by atoms with Crippen molar-refractivity contribution in [2.75, 3.05) is 0 Å². The Balaban J connectivity index is 0.000000554. The van der Waals surface area contributed by atoms with Crippen LogP contribution >= 0.6 is 0 Å². The molecule has 0 spiro atoms. The van der Waals surface area contributed by atoms with Crippen LogP contribution in [0.3, 0.4) is 0 Å². The number of rotatable bonds is 0. The van der Waals surface area contributed by atoms with Crippen LogP contribution in [0.4, 0.5) is 0 Å². The molecule has 7 aromatic carbocycles. The summed E-state index contributed by atoms with van der Waals surface area (Å²) in [5, 5.41) is 14.0. The van der Waals surface area contributed by atoms with E-state index in [0.717, 1.165) is 27.9 Å². The van der Waals surface area contributed by atoms with Gasteiger partial charge < -0.3 is 0 Å². The van der Waals surface area contributed by atoms with Crippen LogP contribution in [-0.4, -0.2) is 34.9 Å². The fourth-order valence-corrected chi connectivity index (χ4v) is 10.7. The summed E-state index contributed by atoms with van der Waals surface area (Å²) in [5.41, 5.74) is 21.0. The van der Waals surface area contributed by atoms with Crippen molar-refractivity contribution in [3.05, 3.63) is 292 Å². The number of hydrogen-bond donors (Lipinski definition) is 0. The highest BCUT2D eigenvalue weighted by Crippen LogP contribution is 2.24. The molecule has 0 fully saturated rings. The second kappa shape index (κ2) is 48.2. The van der Waals surface area contributed by atoms with Gasteiger partial charge in [-0.25, -0.2) is 0 Å². The molecule has 98 heavy (non-hydrogen) atoms. The normalized spacial score (nSPS) is 9.43. The first-order valence-electron chi connectivity index (χ1n) is 35.6. The Hall–Kier alpha value is -9.59. The lowest BCUT2D eigenvalue weighted by Gasteiger charge is -2.02. The Kier molecular flexibility index (Phi) is 42.5. The Morgan fingerprint density at radius 1 is 0.204 bits per heavy atom. The van der Waals surface area contributed by atoms with Crippen molar-refractivity contribution in [3.63, 3.8) is 0 Å². The van der Waals surface area contributed by atoms with Gasteiger partial charge in [0.2, 0.25) is 0 Å². The highest BCUT2D eigenvalue weighted by molar-refractivity contribution is 5.89. The maximum Gasteiger partial charge on any atom is 0.0733 e. The van der Waals surface area contributed by atoms with Gasteiger partial charge >= 0.3 is 0 Å². The average molecular weight is 1310 g/mol. The average Bonchev–Trinajstić information content (AvgIpc) is 0.896. The van der Waals surface area contributed by atoms with Crippen LogP contribution in [0.5, 0.6) is 0 Å². The van der Waals surface area contributed by atoms with Crippen molar-refractivity contribution in [3.8, 4) is 0 Å². The molecule has 0 bridgehead atoms. The van der Waals surface area contributed by atoms with E-state index in [-0.39, 0.29) is 0 Å². The zero-order valence-corrected chi connectivity index (χ0v) is 65.3.